The molecule has 7 rings (SSSR count). The zero-order valence-corrected chi connectivity index (χ0v) is 37.0. The Hall–Kier alpha value is -5.32. The zero-order valence-electron chi connectivity index (χ0n) is 35.4. The van der Waals surface area contributed by atoms with Crippen LogP contribution in [0.3, 0.4) is 0 Å². The fraction of sp³-hybridized carbons (Fsp3) is 0.463. The summed E-state index contributed by atoms with van der Waals surface area (Å²) < 4.78 is 188. The number of hydrogen-bond donors (Lipinski definition) is 0. The summed E-state index contributed by atoms with van der Waals surface area (Å²) in [6, 6.07) is 7.95. The lowest BCUT2D eigenvalue weighted by Crippen LogP contribution is -2.41. The number of hydrogen-bond acceptors (Lipinski definition) is 12. The highest BCUT2D eigenvalue weighted by Crippen LogP contribution is 2.37. The van der Waals surface area contributed by atoms with Crippen LogP contribution in [0.1, 0.15) is 75.5 Å². The maximum Gasteiger partial charge on any atom is 0.496 e. The minimum Gasteiger partial charge on any atom is -0.463 e. The average Bonchev–Trinajstić information content (AvgIpc) is 3.92. The van der Waals surface area contributed by atoms with Gasteiger partial charge in [0.2, 0.25) is 11.6 Å². The molecule has 6 aromatic heterocycles. The lowest BCUT2D eigenvalue weighted by Gasteiger charge is -2.32. The monoisotopic (exact) mass is 1070 g/mol. The molecule has 2 atom stereocenters. The predicted octanol–water partition coefficient (Wildman–Crippen LogP) is 10.9. The molecule has 1 saturated heterocycles. The van der Waals surface area contributed by atoms with Gasteiger partial charge >= 0.3 is 31.7 Å². The largest absolute Gasteiger partial charge is 0.496 e. The standard InChI is InChI=1S/C16H12F6N4O2.C14H18BF4NO3.C8H6BrF2N3O.3CH4/c1-8(15(18,19)20)28-13-11(17)5-10(6-23-13)9-3-4-12-24-25-14(26(12)7-9)16(21,22)27-2;1-8(14(17,18)19)21-11-10(16)6-9(7-20-11)15-22-12(2,3)13(4,5)23-15;1-15-8(10,11)7-13-12-6-3-2-5(9)4-14(6)7;;;/h3-8H,1-2H3;6-8H,1-5H3;2-4H,1H3;3*1H4/t2*8-;;;;/m00..../s1. The number of aromatic nitrogens is 8. The third-order valence-corrected chi connectivity index (χ3v) is 10.3. The van der Waals surface area contributed by atoms with Gasteiger partial charge < -0.3 is 28.3 Å². The van der Waals surface area contributed by atoms with Crippen LogP contribution in [-0.2, 0) is 31.0 Å². The van der Waals surface area contributed by atoms with Crippen molar-refractivity contribution in [2.24, 2.45) is 0 Å². The Bertz CT molecular complexity index is 2640. The van der Waals surface area contributed by atoms with Crippen LogP contribution in [0.25, 0.3) is 22.4 Å². The molecule has 0 aliphatic carbocycles. The second-order valence-electron chi connectivity index (χ2n) is 15.0. The number of halogens is 13. The van der Waals surface area contributed by atoms with Gasteiger partial charge in [-0.1, -0.05) is 22.3 Å². The summed E-state index contributed by atoms with van der Waals surface area (Å²) in [7, 11) is 0.861. The fourth-order valence-corrected chi connectivity index (χ4v) is 5.62. The van der Waals surface area contributed by atoms with Crippen molar-refractivity contribution in [2.45, 2.75) is 112 Å². The molecule has 0 unspecified atom stereocenters. The Labute approximate surface area is 396 Å². The summed E-state index contributed by atoms with van der Waals surface area (Å²) in [5, 5.41) is 14.0. The highest BCUT2D eigenvalue weighted by atomic mass is 79.9. The maximum absolute atomic E-state index is 14.1. The van der Waals surface area contributed by atoms with Gasteiger partial charge in [-0.25, -0.2) is 18.7 Å². The van der Waals surface area contributed by atoms with Crippen LogP contribution in [0.2, 0.25) is 0 Å². The second-order valence-corrected chi connectivity index (χ2v) is 15.9. The van der Waals surface area contributed by atoms with Gasteiger partial charge in [-0.15, -0.1) is 20.4 Å². The van der Waals surface area contributed by atoms with E-state index in [-0.39, 0.29) is 44.5 Å². The first-order valence-electron chi connectivity index (χ1n) is 18.8. The van der Waals surface area contributed by atoms with Crippen LogP contribution < -0.4 is 14.9 Å². The van der Waals surface area contributed by atoms with E-state index in [1.54, 1.807) is 12.1 Å². The summed E-state index contributed by atoms with van der Waals surface area (Å²) in [6.07, 6.45) is -16.0. The number of ether oxygens (including phenoxy) is 4. The predicted molar refractivity (Wildman–Crippen MR) is 231 cm³/mol. The summed E-state index contributed by atoms with van der Waals surface area (Å²) >= 11 is 3.18. The van der Waals surface area contributed by atoms with Crippen molar-refractivity contribution in [1.29, 1.82) is 0 Å². The topological polar surface area (TPSA) is 142 Å². The minimum atomic E-state index is -4.69. The van der Waals surface area contributed by atoms with E-state index in [9.17, 15) is 52.7 Å². The van der Waals surface area contributed by atoms with Crippen molar-refractivity contribution in [3.8, 4) is 22.9 Å². The van der Waals surface area contributed by atoms with E-state index in [4.69, 9.17) is 9.31 Å². The molecule has 0 N–H and O–H groups in total. The molecule has 69 heavy (non-hydrogen) atoms. The Balaban J connectivity index is 0.000000362. The van der Waals surface area contributed by atoms with E-state index in [2.05, 4.69) is 65.2 Å². The molecular weight excluding hydrogens is 1020 g/mol. The molecule has 14 nitrogen and oxygen atoms in total. The van der Waals surface area contributed by atoms with E-state index >= 15 is 0 Å². The Morgan fingerprint density at radius 1 is 0.609 bits per heavy atom. The van der Waals surface area contributed by atoms with Crippen molar-refractivity contribution in [3.05, 3.63) is 88.9 Å². The third kappa shape index (κ3) is 13.7. The third-order valence-electron chi connectivity index (χ3n) is 9.80. The number of fused-ring (bicyclic) bond motifs is 2. The number of nitrogens with zero attached hydrogens (tertiary/aromatic N) is 8. The van der Waals surface area contributed by atoms with E-state index in [0.717, 1.165) is 43.9 Å². The van der Waals surface area contributed by atoms with Crippen LogP contribution in [0.15, 0.2) is 65.7 Å². The van der Waals surface area contributed by atoms with E-state index in [0.29, 0.717) is 17.0 Å². The molecule has 0 spiro atoms. The summed E-state index contributed by atoms with van der Waals surface area (Å²) in [5.41, 5.74) is -0.183. The van der Waals surface area contributed by atoms with E-state index in [1.807, 2.05) is 27.7 Å². The van der Waals surface area contributed by atoms with Gasteiger partial charge in [-0.3, -0.25) is 8.80 Å². The van der Waals surface area contributed by atoms with Gasteiger partial charge in [-0.2, -0.15) is 43.9 Å². The molecule has 0 amide bonds. The molecule has 1 fully saturated rings. The van der Waals surface area contributed by atoms with Crippen molar-refractivity contribution in [3.63, 3.8) is 0 Å². The van der Waals surface area contributed by atoms with Gasteiger partial charge in [0.25, 0.3) is 11.8 Å². The van der Waals surface area contributed by atoms with Crippen LogP contribution in [0.5, 0.6) is 11.8 Å². The van der Waals surface area contributed by atoms with Crippen LogP contribution in [-0.4, -0.2) is 96.3 Å². The molecule has 7 heterocycles. The first kappa shape index (κ1) is 59.8. The Kier molecular flexibility index (Phi) is 19.2. The molecule has 0 saturated carbocycles. The molecule has 1 aliphatic rings. The van der Waals surface area contributed by atoms with Crippen LogP contribution in [0, 0.1) is 11.6 Å². The lowest BCUT2D eigenvalue weighted by molar-refractivity contribution is -0.238. The summed E-state index contributed by atoms with van der Waals surface area (Å²) in [6.45, 7) is 8.83. The van der Waals surface area contributed by atoms with Gasteiger partial charge in [0, 0.05) is 60.1 Å². The quantitative estimate of drug-likeness (QED) is 0.0952. The molecule has 1 aliphatic heterocycles. The number of pyridine rings is 4. The molecule has 0 bridgehead atoms. The van der Waals surface area contributed by atoms with E-state index in [1.165, 1.54) is 35.1 Å². The van der Waals surface area contributed by atoms with Crippen molar-refractivity contribution >= 4 is 39.8 Å². The number of rotatable bonds is 10. The van der Waals surface area contributed by atoms with E-state index < -0.39 is 90.1 Å². The maximum atomic E-state index is 14.1. The molecule has 0 aromatic carbocycles. The van der Waals surface area contributed by atoms with Crippen LogP contribution >= 0.6 is 15.9 Å². The SMILES string of the molecule is C.C.C.COC(F)(F)c1nnc2ccc(-c3cnc(O[C@@H](C)C(F)(F)F)c(F)c3)cn12.COC(F)(F)c1nnc2ccc(Br)cn12.C[C@H](Oc1ncc(B2OC(C)(C)C(C)(C)O2)cc1F)C(F)(F)F. The molecule has 28 heteroatoms. The van der Waals surface area contributed by atoms with Gasteiger partial charge in [0.15, 0.2) is 35.1 Å². The lowest BCUT2D eigenvalue weighted by atomic mass is 9.80. The molecule has 382 valence electrons. The normalized spacial score (nSPS) is 15.3. The first-order valence-corrected chi connectivity index (χ1v) is 19.6. The highest BCUT2D eigenvalue weighted by molar-refractivity contribution is 9.10. The zero-order chi connectivity index (χ0) is 49.4. The average molecular weight is 1070 g/mol. The number of methoxy groups -OCH3 is 2. The minimum absolute atomic E-state index is 0. The number of alkyl halides is 10. The van der Waals surface area contributed by atoms with Gasteiger partial charge in [0.1, 0.15) is 0 Å². The summed E-state index contributed by atoms with van der Waals surface area (Å²) in [4.78, 5) is 7.17. The Morgan fingerprint density at radius 2 is 1.03 bits per heavy atom. The van der Waals surface area contributed by atoms with Crippen molar-refractivity contribution < 1.29 is 80.9 Å². The van der Waals surface area contributed by atoms with Crippen molar-refractivity contribution in [2.75, 3.05) is 14.2 Å². The van der Waals surface area contributed by atoms with Gasteiger partial charge in [-0.05, 0) is 93.9 Å². The smallest absolute Gasteiger partial charge is 0.463 e. The second kappa shape index (κ2) is 22.2. The summed E-state index contributed by atoms with van der Waals surface area (Å²) in [5.74, 6) is -5.02. The fourth-order valence-electron chi connectivity index (χ4n) is 5.28. The molecule has 6 aromatic rings. The van der Waals surface area contributed by atoms with Crippen LogP contribution in [0.4, 0.5) is 52.7 Å². The highest BCUT2D eigenvalue weighted by Gasteiger charge is 2.52. The molecule has 0 radical (unpaired) electrons. The first-order chi connectivity index (χ1) is 30.4. The van der Waals surface area contributed by atoms with Gasteiger partial charge in [0.05, 0.1) is 11.2 Å². The Morgan fingerprint density at radius 3 is 1.45 bits per heavy atom. The molecular formula is C41H48BBrF12N8O6. The van der Waals surface area contributed by atoms with Crippen molar-refractivity contribution in [1.82, 2.24) is 39.2 Å².